The first-order valence-electron chi connectivity index (χ1n) is 5.54. The van der Waals surface area contributed by atoms with Crippen LogP contribution in [0, 0.1) is 17.8 Å². The minimum absolute atomic E-state index is 0.108. The van der Waals surface area contributed by atoms with Crippen LogP contribution in [-0.2, 0) is 4.79 Å². The maximum Gasteiger partial charge on any atom is 0.243 e. The average molecular weight is 192 g/mol. The number of allylic oxidation sites excluding steroid dienone is 1. The van der Waals surface area contributed by atoms with Gasteiger partial charge in [-0.15, -0.1) is 0 Å². The summed E-state index contributed by atoms with van der Waals surface area (Å²) in [6, 6.07) is 0.465. The predicted octanol–water partition coefficient (Wildman–Crippen LogP) is 0.287. The fourth-order valence-corrected chi connectivity index (χ4v) is 2.36. The van der Waals surface area contributed by atoms with Gasteiger partial charge in [0, 0.05) is 19.1 Å². The SMILES string of the molecule is O=C(/C=C/C1CC1)NC1[C@H]2CNC[C@@H]12. The lowest BCUT2D eigenvalue weighted by Gasteiger charge is -2.04. The molecule has 1 unspecified atom stereocenters. The van der Waals surface area contributed by atoms with E-state index < -0.39 is 0 Å². The van der Waals surface area contributed by atoms with Gasteiger partial charge in [-0.05, 0) is 36.7 Å². The number of amides is 1. The summed E-state index contributed by atoms with van der Waals surface area (Å²) in [7, 11) is 0. The topological polar surface area (TPSA) is 41.1 Å². The molecule has 2 N–H and O–H groups in total. The molecule has 3 atom stereocenters. The maximum atomic E-state index is 11.4. The first-order valence-corrected chi connectivity index (χ1v) is 5.54. The van der Waals surface area contributed by atoms with Crippen molar-refractivity contribution in [3.05, 3.63) is 12.2 Å². The van der Waals surface area contributed by atoms with E-state index in [9.17, 15) is 4.79 Å². The van der Waals surface area contributed by atoms with Crippen molar-refractivity contribution in [1.82, 2.24) is 10.6 Å². The molecule has 3 rings (SSSR count). The molecule has 1 heterocycles. The standard InChI is InChI=1S/C11H16N2O/c14-10(4-3-7-1-2-7)13-11-8-5-12-6-9(8)11/h3-4,7-9,11-12H,1-2,5-6H2,(H,13,14)/b4-3+/t8-,9+,11?. The monoisotopic (exact) mass is 192 g/mol. The Bertz CT molecular complexity index is 273. The van der Waals surface area contributed by atoms with Crippen LogP contribution < -0.4 is 10.6 Å². The molecule has 2 saturated carbocycles. The Morgan fingerprint density at radius 3 is 2.64 bits per heavy atom. The Kier molecular flexibility index (Phi) is 1.87. The maximum absolute atomic E-state index is 11.4. The van der Waals surface area contributed by atoms with E-state index in [1.807, 2.05) is 6.08 Å². The molecule has 2 aliphatic carbocycles. The molecular weight excluding hydrogens is 176 g/mol. The second-order valence-electron chi connectivity index (χ2n) is 4.72. The van der Waals surface area contributed by atoms with Gasteiger partial charge in [-0.3, -0.25) is 4.79 Å². The Morgan fingerprint density at radius 1 is 1.29 bits per heavy atom. The van der Waals surface area contributed by atoms with Gasteiger partial charge in [-0.2, -0.15) is 0 Å². The van der Waals surface area contributed by atoms with E-state index in [4.69, 9.17) is 0 Å². The molecule has 3 fully saturated rings. The predicted molar refractivity (Wildman–Crippen MR) is 53.6 cm³/mol. The molecule has 0 radical (unpaired) electrons. The van der Waals surface area contributed by atoms with E-state index in [0.29, 0.717) is 23.8 Å². The van der Waals surface area contributed by atoms with Gasteiger partial charge in [0.05, 0.1) is 0 Å². The van der Waals surface area contributed by atoms with Crippen LogP contribution in [0.25, 0.3) is 0 Å². The third-order valence-corrected chi connectivity index (χ3v) is 3.54. The van der Waals surface area contributed by atoms with Crippen molar-refractivity contribution < 1.29 is 4.79 Å². The zero-order valence-corrected chi connectivity index (χ0v) is 8.20. The van der Waals surface area contributed by atoms with Gasteiger partial charge in [-0.25, -0.2) is 0 Å². The highest BCUT2D eigenvalue weighted by molar-refractivity contribution is 5.88. The number of nitrogens with one attached hydrogen (secondary N) is 2. The van der Waals surface area contributed by atoms with Crippen molar-refractivity contribution in [2.75, 3.05) is 13.1 Å². The summed E-state index contributed by atoms with van der Waals surface area (Å²) in [6.45, 7) is 2.17. The number of hydrogen-bond donors (Lipinski definition) is 2. The molecule has 1 saturated heterocycles. The molecule has 3 heteroatoms. The van der Waals surface area contributed by atoms with Crippen molar-refractivity contribution in [3.8, 4) is 0 Å². The Morgan fingerprint density at radius 2 is 2.00 bits per heavy atom. The second-order valence-corrected chi connectivity index (χ2v) is 4.72. The normalized spacial score (nSPS) is 39.9. The minimum atomic E-state index is 0.108. The van der Waals surface area contributed by atoms with Gasteiger partial charge in [0.25, 0.3) is 0 Å². The lowest BCUT2D eigenvalue weighted by Crippen LogP contribution is -2.31. The molecule has 0 spiro atoms. The number of piperidine rings is 1. The number of fused-ring (bicyclic) bond motifs is 1. The smallest absolute Gasteiger partial charge is 0.243 e. The highest BCUT2D eigenvalue weighted by atomic mass is 16.1. The lowest BCUT2D eigenvalue weighted by molar-refractivity contribution is -0.116. The Labute approximate surface area is 83.9 Å². The highest BCUT2D eigenvalue weighted by Gasteiger charge is 2.53. The number of carbonyl (C=O) groups is 1. The number of hydrogen-bond acceptors (Lipinski definition) is 2. The van der Waals surface area contributed by atoms with Crippen LogP contribution in [0.1, 0.15) is 12.8 Å². The molecule has 14 heavy (non-hydrogen) atoms. The van der Waals surface area contributed by atoms with Crippen molar-refractivity contribution in [3.63, 3.8) is 0 Å². The second kappa shape index (κ2) is 3.09. The summed E-state index contributed by atoms with van der Waals surface area (Å²) in [4.78, 5) is 11.4. The van der Waals surface area contributed by atoms with Crippen molar-refractivity contribution in [1.29, 1.82) is 0 Å². The van der Waals surface area contributed by atoms with Crippen molar-refractivity contribution in [2.24, 2.45) is 17.8 Å². The molecule has 76 valence electrons. The van der Waals surface area contributed by atoms with Crippen LogP contribution in [0.2, 0.25) is 0 Å². The van der Waals surface area contributed by atoms with Crippen LogP contribution >= 0.6 is 0 Å². The van der Waals surface area contributed by atoms with E-state index in [0.717, 1.165) is 13.1 Å². The van der Waals surface area contributed by atoms with Crippen LogP contribution in [-0.4, -0.2) is 25.0 Å². The van der Waals surface area contributed by atoms with Crippen LogP contribution in [0.3, 0.4) is 0 Å². The van der Waals surface area contributed by atoms with E-state index in [1.165, 1.54) is 12.8 Å². The molecular formula is C11H16N2O. The Balaban J connectivity index is 1.46. The summed E-state index contributed by atoms with van der Waals surface area (Å²) >= 11 is 0. The van der Waals surface area contributed by atoms with Gasteiger partial charge in [0.15, 0.2) is 0 Å². The van der Waals surface area contributed by atoms with Crippen LogP contribution in [0.4, 0.5) is 0 Å². The summed E-state index contributed by atoms with van der Waals surface area (Å²) in [6.07, 6.45) is 6.30. The molecule has 1 amide bonds. The molecule has 0 aromatic heterocycles. The summed E-state index contributed by atoms with van der Waals surface area (Å²) < 4.78 is 0. The minimum Gasteiger partial charge on any atom is -0.349 e. The van der Waals surface area contributed by atoms with E-state index in [1.54, 1.807) is 6.08 Å². The summed E-state index contributed by atoms with van der Waals surface area (Å²) in [5, 5.41) is 6.39. The van der Waals surface area contributed by atoms with Crippen LogP contribution in [0.5, 0.6) is 0 Å². The Hall–Kier alpha value is -0.830. The summed E-state index contributed by atoms with van der Waals surface area (Å²) in [5.41, 5.74) is 0. The van der Waals surface area contributed by atoms with Gasteiger partial charge >= 0.3 is 0 Å². The first-order chi connectivity index (χ1) is 6.84. The molecule has 3 nitrogen and oxygen atoms in total. The van der Waals surface area contributed by atoms with Gasteiger partial charge in [0.1, 0.15) is 0 Å². The number of carbonyl (C=O) groups excluding carboxylic acids is 1. The van der Waals surface area contributed by atoms with E-state index in [-0.39, 0.29) is 5.91 Å². The third-order valence-electron chi connectivity index (χ3n) is 3.54. The van der Waals surface area contributed by atoms with Gasteiger partial charge in [-0.1, -0.05) is 6.08 Å². The van der Waals surface area contributed by atoms with Gasteiger partial charge in [0.2, 0.25) is 5.91 Å². The third kappa shape index (κ3) is 1.57. The molecule has 3 aliphatic rings. The van der Waals surface area contributed by atoms with Crippen molar-refractivity contribution in [2.45, 2.75) is 18.9 Å². The fraction of sp³-hybridized carbons (Fsp3) is 0.727. The highest BCUT2D eigenvalue weighted by Crippen LogP contribution is 2.41. The largest absolute Gasteiger partial charge is 0.349 e. The zero-order chi connectivity index (χ0) is 9.54. The van der Waals surface area contributed by atoms with E-state index in [2.05, 4.69) is 10.6 Å². The first kappa shape index (κ1) is 8.48. The molecule has 1 aliphatic heterocycles. The van der Waals surface area contributed by atoms with Crippen LogP contribution in [0.15, 0.2) is 12.2 Å². The summed E-state index contributed by atoms with van der Waals surface area (Å²) in [5.74, 6) is 2.24. The van der Waals surface area contributed by atoms with Gasteiger partial charge < -0.3 is 10.6 Å². The fourth-order valence-electron chi connectivity index (χ4n) is 2.36. The molecule has 0 bridgehead atoms. The lowest BCUT2D eigenvalue weighted by atomic mass is 10.3. The molecule has 0 aromatic carbocycles. The van der Waals surface area contributed by atoms with E-state index >= 15 is 0 Å². The van der Waals surface area contributed by atoms with Crippen molar-refractivity contribution >= 4 is 5.91 Å². The zero-order valence-electron chi connectivity index (χ0n) is 8.20. The number of rotatable bonds is 3. The average Bonchev–Trinajstić information content (AvgIpc) is 3.05. The molecule has 0 aromatic rings. The quantitative estimate of drug-likeness (QED) is 0.631.